The zero-order chi connectivity index (χ0) is 30.8. The minimum atomic E-state index is -2.58. The number of nitrogens with one attached hydrogen (secondary N) is 2. The van der Waals surface area contributed by atoms with Gasteiger partial charge in [-0.25, -0.2) is 0 Å². The van der Waals surface area contributed by atoms with E-state index in [9.17, 15) is 0 Å². The Hall–Kier alpha value is -5.14. The van der Waals surface area contributed by atoms with Crippen LogP contribution in [0.3, 0.4) is 0 Å². The van der Waals surface area contributed by atoms with Crippen LogP contribution in [0.25, 0.3) is 43.1 Å². The van der Waals surface area contributed by atoms with Crippen LogP contribution >= 0.6 is 15.6 Å². The normalized spacial score (nSPS) is 15.9. The second kappa shape index (κ2) is 10.7. The van der Waals surface area contributed by atoms with Gasteiger partial charge >= 0.3 is 0 Å². The van der Waals surface area contributed by atoms with Gasteiger partial charge < -0.3 is 19.8 Å². The second-order valence-corrected chi connectivity index (χ2v) is 15.2. The average molecular weight is 631 g/mol. The van der Waals surface area contributed by atoms with E-state index in [1.54, 1.807) is 0 Å². The van der Waals surface area contributed by atoms with E-state index >= 15 is 9.13 Å². The summed E-state index contributed by atoms with van der Waals surface area (Å²) in [5.41, 5.74) is 3.14. The molecule has 0 fully saturated rings. The highest BCUT2D eigenvalue weighted by atomic mass is 31.1. The molecule has 0 radical (unpaired) electrons. The van der Waals surface area contributed by atoms with Crippen molar-refractivity contribution in [3.8, 4) is 0 Å². The van der Waals surface area contributed by atoms with E-state index in [2.05, 4.69) is 59.2 Å². The fraction of sp³-hybridized carbons (Fsp3) is 0. The Morgan fingerprint density at radius 2 is 0.543 bits per heavy atom. The van der Waals surface area contributed by atoms with Crippen molar-refractivity contribution in [3.63, 3.8) is 0 Å². The first-order valence-corrected chi connectivity index (χ1v) is 18.2. The molecule has 4 nitrogen and oxygen atoms in total. The Balaban J connectivity index is 1.44. The summed E-state index contributed by atoms with van der Waals surface area (Å²) in [5.74, 6) is 0. The lowest BCUT2D eigenvalue weighted by molar-refractivity contribution is 0.597. The van der Waals surface area contributed by atoms with Crippen LogP contribution in [0, 0.1) is 0 Å². The molecule has 1 aliphatic rings. The molecular formula is C40H28N2O2P2. The van der Waals surface area contributed by atoms with E-state index in [4.69, 9.17) is 0 Å². The smallest absolute Gasteiger partial charge is 0.136 e. The van der Waals surface area contributed by atoms with Crippen LogP contribution in [0.4, 0.5) is 22.7 Å². The number of hydrogen-bond acceptors (Lipinski definition) is 4. The molecule has 1 aliphatic heterocycles. The van der Waals surface area contributed by atoms with Gasteiger partial charge in [0.25, 0.3) is 0 Å². The molecule has 1 heterocycles. The van der Waals surface area contributed by atoms with Gasteiger partial charge in [-0.05, 0) is 45.8 Å². The third kappa shape index (κ3) is 4.22. The molecular weight excluding hydrogens is 602 g/mol. The molecule has 0 unspecified atom stereocenters. The molecule has 0 aliphatic carbocycles. The lowest BCUT2D eigenvalue weighted by Crippen LogP contribution is -2.21. The third-order valence-corrected chi connectivity index (χ3v) is 12.8. The minimum absolute atomic E-state index is 0.735. The van der Waals surface area contributed by atoms with E-state index in [0.717, 1.165) is 87.1 Å². The maximum Gasteiger partial charge on any atom is 0.136 e. The van der Waals surface area contributed by atoms with Crippen LogP contribution in [0.2, 0.25) is 0 Å². The monoisotopic (exact) mass is 630 g/mol. The molecule has 46 heavy (non-hydrogen) atoms. The maximum atomic E-state index is 15.1. The van der Waals surface area contributed by atoms with Crippen LogP contribution < -0.4 is 31.9 Å². The van der Waals surface area contributed by atoms with Gasteiger partial charge in [0.15, 0.2) is 0 Å². The molecule has 6 heteroatoms. The molecule has 9 rings (SSSR count). The summed E-state index contributed by atoms with van der Waals surface area (Å²) in [7, 11) is -5.16. The van der Waals surface area contributed by atoms with Crippen molar-refractivity contribution in [1.82, 2.24) is 0 Å². The van der Waals surface area contributed by atoms with Gasteiger partial charge in [-0.2, -0.15) is 0 Å². The van der Waals surface area contributed by atoms with Crippen molar-refractivity contribution < 1.29 is 9.13 Å². The number of fused-ring (bicyclic) bond motifs is 12. The highest BCUT2D eigenvalue weighted by Gasteiger charge is 2.26. The minimum Gasteiger partial charge on any atom is -0.353 e. The van der Waals surface area contributed by atoms with Gasteiger partial charge in [0.2, 0.25) is 0 Å². The molecule has 0 saturated heterocycles. The van der Waals surface area contributed by atoms with Crippen molar-refractivity contribution in [2.45, 2.75) is 0 Å². The Labute approximate surface area is 267 Å². The number of rotatable bonds is 0. The van der Waals surface area contributed by atoms with Crippen molar-refractivity contribution in [1.29, 1.82) is 0 Å². The van der Waals surface area contributed by atoms with Gasteiger partial charge in [-0.1, -0.05) is 121 Å². The topological polar surface area (TPSA) is 58.2 Å². The first-order valence-electron chi connectivity index (χ1n) is 15.4. The van der Waals surface area contributed by atoms with Gasteiger partial charge in [-0.3, -0.25) is 0 Å². The predicted octanol–water partition coefficient (Wildman–Crippen LogP) is 9.12. The number of hydrogen-bond donors (Lipinski definition) is 2. The fourth-order valence-corrected chi connectivity index (χ4v) is 10.1. The van der Waals surface area contributed by atoms with Crippen LogP contribution in [0.15, 0.2) is 146 Å². The molecule has 0 aromatic heterocycles. The van der Waals surface area contributed by atoms with E-state index in [-0.39, 0.29) is 0 Å². The molecule has 0 amide bonds. The number of benzene rings is 8. The lowest BCUT2D eigenvalue weighted by atomic mass is 10.1. The lowest BCUT2D eigenvalue weighted by Gasteiger charge is -2.24. The summed E-state index contributed by atoms with van der Waals surface area (Å²) in [6.07, 6.45) is 0. The zero-order valence-corrected chi connectivity index (χ0v) is 26.7. The standard InChI is InChI=1S/C40H28N2O2P2/c43-45-33-21-17-25-9-1-5-13-29(25)37(33)41-38-30-14-6-2-10-26(30)18-22-34(38)46(44)36-24-20-28-12-4-8-16-32(28)40(36)42-39-31-15-7-3-11-27(31)19-23-35(39)45/h1-24,41-42,45-46H. The Kier molecular flexibility index (Phi) is 6.35. The van der Waals surface area contributed by atoms with Crippen LogP contribution in [-0.2, 0) is 9.13 Å². The summed E-state index contributed by atoms with van der Waals surface area (Å²) in [4.78, 5) is 0. The van der Waals surface area contributed by atoms with E-state index in [1.165, 1.54) is 0 Å². The molecule has 0 saturated carbocycles. The first-order chi connectivity index (χ1) is 22.7. The molecule has 0 bridgehead atoms. The second-order valence-electron chi connectivity index (χ2n) is 11.7. The Morgan fingerprint density at radius 3 is 0.804 bits per heavy atom. The van der Waals surface area contributed by atoms with Gasteiger partial charge in [0, 0.05) is 42.8 Å². The fourth-order valence-electron chi connectivity index (χ4n) is 6.92. The SMILES string of the molecule is O=[PH]1c2ccc3ccccc3c2Nc2c(ccc3ccccc23)[PH](=O)c2ccc3ccccc3c2Nc2c1ccc1ccccc21. The highest BCUT2D eigenvalue weighted by molar-refractivity contribution is 7.63. The Bertz CT molecular complexity index is 2240. The summed E-state index contributed by atoms with van der Waals surface area (Å²) in [5, 5.41) is 18.5. The molecule has 220 valence electrons. The van der Waals surface area contributed by atoms with Crippen molar-refractivity contribution >= 4 is 103 Å². The average Bonchev–Trinajstić information content (AvgIpc) is 3.11. The summed E-state index contributed by atoms with van der Waals surface area (Å²) in [6, 6.07) is 48.8. The predicted molar refractivity (Wildman–Crippen MR) is 199 cm³/mol. The molecule has 8 aromatic rings. The van der Waals surface area contributed by atoms with Crippen LogP contribution in [0.5, 0.6) is 0 Å². The van der Waals surface area contributed by atoms with E-state index in [0.29, 0.717) is 0 Å². The maximum absolute atomic E-state index is 15.1. The molecule has 2 N–H and O–H groups in total. The van der Waals surface area contributed by atoms with Crippen LogP contribution in [-0.4, -0.2) is 0 Å². The summed E-state index contributed by atoms with van der Waals surface area (Å²) in [6.45, 7) is 0. The van der Waals surface area contributed by atoms with Crippen molar-refractivity contribution in [2.24, 2.45) is 0 Å². The van der Waals surface area contributed by atoms with Gasteiger partial charge in [0.05, 0.1) is 22.7 Å². The summed E-state index contributed by atoms with van der Waals surface area (Å²) >= 11 is 0. The van der Waals surface area contributed by atoms with Crippen LogP contribution in [0.1, 0.15) is 0 Å². The zero-order valence-electron chi connectivity index (χ0n) is 24.7. The first kappa shape index (κ1) is 27.2. The van der Waals surface area contributed by atoms with Gasteiger partial charge in [-0.15, -0.1) is 0 Å². The number of anilines is 4. The van der Waals surface area contributed by atoms with Crippen molar-refractivity contribution in [3.05, 3.63) is 146 Å². The third-order valence-electron chi connectivity index (χ3n) is 9.19. The molecule has 0 atom stereocenters. The van der Waals surface area contributed by atoms with Gasteiger partial charge in [0.1, 0.15) is 15.6 Å². The summed E-state index contributed by atoms with van der Waals surface area (Å²) < 4.78 is 30.2. The largest absolute Gasteiger partial charge is 0.353 e. The Morgan fingerprint density at radius 1 is 0.304 bits per heavy atom. The van der Waals surface area contributed by atoms with E-state index < -0.39 is 15.6 Å². The highest BCUT2D eigenvalue weighted by Crippen LogP contribution is 2.42. The quantitative estimate of drug-likeness (QED) is 0.164. The molecule has 0 spiro atoms. The molecule has 8 aromatic carbocycles. The van der Waals surface area contributed by atoms with E-state index in [1.807, 2.05) is 97.1 Å². The van der Waals surface area contributed by atoms with Crippen molar-refractivity contribution in [2.75, 3.05) is 10.6 Å².